The number of aryl methyl sites for hydroxylation is 2. The lowest BCUT2D eigenvalue weighted by atomic mass is 10.1. The Labute approximate surface area is 140 Å². The molecule has 1 heterocycles. The first-order chi connectivity index (χ1) is 11.2. The zero-order valence-corrected chi connectivity index (χ0v) is 14.7. The van der Waals surface area contributed by atoms with Gasteiger partial charge in [-0.15, -0.1) is 0 Å². The number of hydrogen-bond donors (Lipinski definition) is 0. The average molecular weight is 317 g/mol. The quantitative estimate of drug-likeness (QED) is 0.427. The van der Waals surface area contributed by atoms with E-state index in [2.05, 4.69) is 81.5 Å². The van der Waals surface area contributed by atoms with Gasteiger partial charge < -0.3 is 0 Å². The van der Waals surface area contributed by atoms with Crippen LogP contribution in [-0.2, 0) is 0 Å². The van der Waals surface area contributed by atoms with Crippen LogP contribution in [0.4, 0.5) is 0 Å². The Morgan fingerprint density at radius 2 is 1.57 bits per heavy atom. The zero-order chi connectivity index (χ0) is 16.0. The van der Waals surface area contributed by atoms with Crippen molar-refractivity contribution in [2.24, 2.45) is 0 Å². The summed E-state index contributed by atoms with van der Waals surface area (Å²) in [6.07, 6.45) is 10.3. The van der Waals surface area contributed by atoms with E-state index in [0.29, 0.717) is 0 Å². The van der Waals surface area contributed by atoms with E-state index in [1.54, 1.807) is 0 Å². The molecule has 0 amide bonds. The van der Waals surface area contributed by atoms with Gasteiger partial charge in [0.1, 0.15) is 0 Å². The minimum Gasteiger partial charge on any atom is -0.0799 e. The lowest BCUT2D eigenvalue weighted by Crippen LogP contribution is -1.87. The smallest absolute Gasteiger partial charge is 0.0799 e. The molecule has 0 aliphatic heterocycles. The van der Waals surface area contributed by atoms with Gasteiger partial charge in [0, 0.05) is 33.6 Å². The van der Waals surface area contributed by atoms with Crippen LogP contribution in [0.1, 0.15) is 33.6 Å². The molecule has 23 heavy (non-hydrogen) atoms. The third kappa shape index (κ3) is 2.27. The van der Waals surface area contributed by atoms with Crippen LogP contribution >= 0.6 is 10.5 Å². The molecule has 0 saturated carbocycles. The summed E-state index contributed by atoms with van der Waals surface area (Å²) in [5, 5.41) is 1.41. The van der Waals surface area contributed by atoms with Crippen LogP contribution in [0.15, 0.2) is 48.6 Å². The van der Waals surface area contributed by atoms with Gasteiger partial charge in [0.2, 0.25) is 0 Å². The molecular weight excluding hydrogens is 296 g/mol. The third-order valence-corrected chi connectivity index (χ3v) is 7.14. The number of rotatable bonds is 1. The van der Waals surface area contributed by atoms with Crippen molar-refractivity contribution in [3.63, 3.8) is 0 Å². The fourth-order valence-corrected chi connectivity index (χ4v) is 5.94. The molecule has 1 aromatic heterocycles. The van der Waals surface area contributed by atoms with Crippen LogP contribution in [0, 0.1) is 20.8 Å². The van der Waals surface area contributed by atoms with E-state index in [0.717, 1.165) is 6.42 Å². The first kappa shape index (κ1) is 14.5. The summed E-state index contributed by atoms with van der Waals surface area (Å²) in [7, 11) is 0.0195. The Kier molecular flexibility index (Phi) is 3.46. The molecule has 1 unspecified atom stereocenters. The highest BCUT2D eigenvalue weighted by Crippen LogP contribution is 2.49. The second-order valence-corrected chi connectivity index (χ2v) is 8.27. The number of allylic oxidation sites excluding steroid dienone is 2. The van der Waals surface area contributed by atoms with Gasteiger partial charge in [-0.3, -0.25) is 0 Å². The molecule has 0 saturated heterocycles. The van der Waals surface area contributed by atoms with E-state index in [-0.39, 0.29) is 10.5 Å². The predicted molar refractivity (Wildman–Crippen MR) is 105 cm³/mol. The second-order valence-electron chi connectivity index (χ2n) is 6.30. The van der Waals surface area contributed by atoms with Crippen LogP contribution in [-0.4, -0.2) is 0 Å². The minimum atomic E-state index is 0.0195. The van der Waals surface area contributed by atoms with Crippen LogP contribution < -0.4 is 0 Å². The molecule has 2 aromatic carbocycles. The van der Waals surface area contributed by atoms with Gasteiger partial charge >= 0.3 is 0 Å². The largest absolute Gasteiger partial charge is 0.187 e. The van der Waals surface area contributed by atoms with Gasteiger partial charge in [-0.2, -0.15) is 0 Å². The van der Waals surface area contributed by atoms with Crippen molar-refractivity contribution in [1.29, 1.82) is 0 Å². The molecular formula is C22H21S+. The van der Waals surface area contributed by atoms with Crippen LogP contribution in [0.5, 0.6) is 0 Å². The predicted octanol–water partition coefficient (Wildman–Crippen LogP) is 6.93. The molecule has 0 fully saturated rings. The average Bonchev–Trinajstić information content (AvgIpc) is 2.70. The Morgan fingerprint density at radius 3 is 2.35 bits per heavy atom. The van der Waals surface area contributed by atoms with Gasteiger partial charge in [0.05, 0.1) is 0 Å². The molecule has 4 rings (SSSR count). The molecule has 1 heteroatoms. The molecule has 0 nitrogen and oxygen atoms in total. The number of thiophene rings is 1. The summed E-state index contributed by atoms with van der Waals surface area (Å²) >= 11 is 0. The lowest BCUT2D eigenvalue weighted by molar-refractivity contribution is 1.28. The van der Waals surface area contributed by atoms with Gasteiger partial charge in [-0.05, 0) is 62.1 Å². The number of fused-ring (bicyclic) bond motifs is 3. The van der Waals surface area contributed by atoms with Crippen molar-refractivity contribution in [3.05, 3.63) is 75.7 Å². The highest BCUT2D eigenvalue weighted by atomic mass is 32.2. The fraction of sp³-hybridized carbons (Fsp3) is 0.182. The van der Waals surface area contributed by atoms with E-state index in [1.807, 2.05) is 0 Å². The van der Waals surface area contributed by atoms with E-state index >= 15 is 0 Å². The van der Waals surface area contributed by atoms with E-state index < -0.39 is 0 Å². The van der Waals surface area contributed by atoms with E-state index in [9.17, 15) is 0 Å². The summed E-state index contributed by atoms with van der Waals surface area (Å²) in [5.41, 5.74) is 5.61. The molecule has 0 N–H and O–H groups in total. The Balaban J connectivity index is 2.12. The third-order valence-electron chi connectivity index (χ3n) is 4.84. The normalized spacial score (nSPS) is 14.1. The van der Waals surface area contributed by atoms with Crippen molar-refractivity contribution < 1.29 is 0 Å². The number of benzene rings is 2. The van der Waals surface area contributed by atoms with E-state index in [1.165, 1.54) is 42.1 Å². The maximum atomic E-state index is 2.39. The summed E-state index contributed by atoms with van der Waals surface area (Å²) < 4.78 is 1.47. The summed E-state index contributed by atoms with van der Waals surface area (Å²) in [6, 6.07) is 13.7. The van der Waals surface area contributed by atoms with Gasteiger partial charge in [-0.1, -0.05) is 30.4 Å². The van der Waals surface area contributed by atoms with Crippen molar-refractivity contribution in [1.82, 2.24) is 0 Å². The maximum absolute atomic E-state index is 2.39. The Morgan fingerprint density at radius 1 is 0.870 bits per heavy atom. The van der Waals surface area contributed by atoms with Gasteiger partial charge in [-0.25, -0.2) is 0 Å². The summed E-state index contributed by atoms with van der Waals surface area (Å²) in [4.78, 5) is 2.92. The molecule has 0 radical (unpaired) electrons. The zero-order valence-electron chi connectivity index (χ0n) is 13.9. The van der Waals surface area contributed by atoms with Gasteiger partial charge in [0.15, 0.2) is 14.5 Å². The summed E-state index contributed by atoms with van der Waals surface area (Å²) in [5.74, 6) is 0. The Bertz CT molecular complexity index is 944. The molecule has 114 valence electrons. The van der Waals surface area contributed by atoms with Crippen molar-refractivity contribution >= 4 is 32.7 Å². The number of hydrogen-bond acceptors (Lipinski definition) is 0. The van der Waals surface area contributed by atoms with Crippen LogP contribution in [0.25, 0.3) is 27.1 Å². The SMILES string of the molecule is Cc1cc(-[s+]2c3c(c4ccccc42)C=CCC=C3)cc(C)c1C. The van der Waals surface area contributed by atoms with Crippen LogP contribution in [0.2, 0.25) is 0 Å². The lowest BCUT2D eigenvalue weighted by Gasteiger charge is -2.05. The first-order valence-electron chi connectivity index (χ1n) is 8.15. The van der Waals surface area contributed by atoms with Crippen molar-refractivity contribution in [2.75, 3.05) is 0 Å². The molecule has 1 aliphatic carbocycles. The monoisotopic (exact) mass is 317 g/mol. The highest BCUT2D eigenvalue weighted by Gasteiger charge is 2.27. The summed E-state index contributed by atoms with van der Waals surface area (Å²) in [6.45, 7) is 6.68. The maximum Gasteiger partial charge on any atom is 0.187 e. The molecule has 1 aliphatic rings. The Hall–Kier alpha value is -2.12. The molecule has 0 bridgehead atoms. The van der Waals surface area contributed by atoms with Crippen molar-refractivity contribution in [2.45, 2.75) is 27.2 Å². The standard InChI is InChI=1S/C22H21S/c1-15-13-18(14-16(2)17(15)3)23-21-11-6-4-5-9-19(21)20-10-7-8-12-22(20)23/h5-14H,4H2,1-3H3/q+1. The molecule has 0 spiro atoms. The molecule has 3 aromatic rings. The highest BCUT2D eigenvalue weighted by molar-refractivity contribution is 7.46. The minimum absolute atomic E-state index is 0.0195. The van der Waals surface area contributed by atoms with Gasteiger partial charge in [0.25, 0.3) is 0 Å². The van der Waals surface area contributed by atoms with E-state index in [4.69, 9.17) is 0 Å². The topological polar surface area (TPSA) is 0 Å². The first-order valence-corrected chi connectivity index (χ1v) is 9.38. The van der Waals surface area contributed by atoms with Crippen LogP contribution in [0.3, 0.4) is 0 Å². The molecule has 1 atom stereocenters. The second kappa shape index (κ2) is 5.50. The fourth-order valence-electron chi connectivity index (χ4n) is 3.37. The van der Waals surface area contributed by atoms with Crippen molar-refractivity contribution in [3.8, 4) is 4.90 Å².